The highest BCUT2D eigenvalue weighted by Gasteiger charge is 2.17. The fourth-order valence-corrected chi connectivity index (χ4v) is 3.16. The smallest absolute Gasteiger partial charge is 0.229 e. The highest BCUT2D eigenvalue weighted by atomic mass is 32.1. The minimum absolute atomic E-state index is 0.382. The third-order valence-electron chi connectivity index (χ3n) is 4.57. The number of ether oxygens (including phenoxy) is 1. The molecule has 148 valence electrons. The van der Waals surface area contributed by atoms with Crippen LogP contribution in [0.25, 0.3) is 0 Å². The Balaban J connectivity index is 1.84. The molecule has 3 rings (SSSR count). The third-order valence-corrected chi connectivity index (χ3v) is 4.76. The summed E-state index contributed by atoms with van der Waals surface area (Å²) in [5.41, 5.74) is 5.10. The maximum atomic E-state index is 5.51. The van der Waals surface area contributed by atoms with E-state index in [4.69, 9.17) is 17.0 Å². The van der Waals surface area contributed by atoms with Crippen molar-refractivity contribution in [3.63, 3.8) is 0 Å². The normalized spacial score (nSPS) is 14.7. The number of nitrogens with one attached hydrogen (secondary N) is 2. The number of morpholine rings is 1. The van der Waals surface area contributed by atoms with Gasteiger partial charge in [-0.3, -0.25) is 5.32 Å². The second kappa shape index (κ2) is 9.07. The van der Waals surface area contributed by atoms with Crippen LogP contribution in [0.2, 0.25) is 0 Å². The molecule has 2 heterocycles. The molecule has 1 fully saturated rings. The zero-order chi connectivity index (χ0) is 20.1. The molecule has 1 aromatic carbocycles. The number of thiocarbonyl (C=S) groups is 1. The van der Waals surface area contributed by atoms with Gasteiger partial charge in [-0.25, -0.2) is 9.97 Å². The number of guanidine groups is 1. The zero-order valence-electron chi connectivity index (χ0n) is 16.7. The largest absolute Gasteiger partial charge is 0.378 e. The predicted molar refractivity (Wildman–Crippen MR) is 117 cm³/mol. The zero-order valence-corrected chi connectivity index (χ0v) is 17.6. The summed E-state index contributed by atoms with van der Waals surface area (Å²) in [7, 11) is 0. The number of nitrogens with zero attached hydrogens (tertiary/aromatic N) is 4. The molecule has 8 heteroatoms. The van der Waals surface area contributed by atoms with Gasteiger partial charge in [0.05, 0.1) is 13.2 Å². The molecule has 7 nitrogen and oxygen atoms in total. The number of hydrogen-bond acceptors (Lipinski definition) is 4. The molecule has 0 atom stereocenters. The maximum Gasteiger partial charge on any atom is 0.229 e. The lowest BCUT2D eigenvalue weighted by Crippen LogP contribution is -2.45. The summed E-state index contributed by atoms with van der Waals surface area (Å²) in [4.78, 5) is 15.7. The highest BCUT2D eigenvalue weighted by molar-refractivity contribution is 7.80. The summed E-state index contributed by atoms with van der Waals surface area (Å²) in [5.74, 6) is 1.13. The quantitative estimate of drug-likeness (QED) is 0.457. The molecule has 2 aromatic rings. The Morgan fingerprint density at radius 1 is 1.07 bits per heavy atom. The van der Waals surface area contributed by atoms with Gasteiger partial charge in [-0.2, -0.15) is 4.99 Å². The molecule has 1 aliphatic rings. The minimum atomic E-state index is 0.382. The predicted octanol–water partition coefficient (Wildman–Crippen LogP) is 3.21. The Morgan fingerprint density at radius 2 is 1.75 bits per heavy atom. The average Bonchev–Trinajstić information content (AvgIpc) is 2.65. The number of hydrogen-bond donors (Lipinski definition) is 2. The van der Waals surface area contributed by atoms with Crippen molar-refractivity contribution in [1.29, 1.82) is 0 Å². The van der Waals surface area contributed by atoms with Crippen LogP contribution in [0.4, 0.5) is 11.6 Å². The topological polar surface area (TPSA) is 74.7 Å². The van der Waals surface area contributed by atoms with Gasteiger partial charge in [-0.1, -0.05) is 12.1 Å². The number of rotatable bonds is 2. The van der Waals surface area contributed by atoms with Gasteiger partial charge in [-0.15, -0.1) is 0 Å². The van der Waals surface area contributed by atoms with Gasteiger partial charge in [0.1, 0.15) is 0 Å². The van der Waals surface area contributed by atoms with E-state index >= 15 is 0 Å². The first kappa shape index (κ1) is 20.2. The standard InChI is InChI=1S/C20H26N6OS/c1-13-6-5-7-17(16(13)4)23-20(28)25-19(26-8-10-27-11-9-26)24-18-21-14(2)12-15(3)22-18/h5-7,12H,8-11H2,1-4H3,(H2,21,22,23,24,25,28). The van der Waals surface area contributed by atoms with E-state index in [2.05, 4.69) is 50.4 Å². The van der Waals surface area contributed by atoms with Gasteiger partial charge in [-0.05, 0) is 63.2 Å². The molecule has 1 saturated heterocycles. The molecule has 0 aliphatic carbocycles. The van der Waals surface area contributed by atoms with Gasteiger partial charge >= 0.3 is 0 Å². The van der Waals surface area contributed by atoms with E-state index in [0.717, 1.165) is 35.7 Å². The van der Waals surface area contributed by atoms with Crippen LogP contribution in [0.3, 0.4) is 0 Å². The monoisotopic (exact) mass is 398 g/mol. The third kappa shape index (κ3) is 5.24. The molecule has 2 N–H and O–H groups in total. The lowest BCUT2D eigenvalue weighted by molar-refractivity contribution is 0.0680. The molecular formula is C20H26N6OS. The van der Waals surface area contributed by atoms with Crippen LogP contribution >= 0.6 is 12.2 Å². The second-order valence-electron chi connectivity index (χ2n) is 6.81. The van der Waals surface area contributed by atoms with E-state index in [0.29, 0.717) is 30.2 Å². The van der Waals surface area contributed by atoms with Crippen molar-refractivity contribution in [2.45, 2.75) is 27.7 Å². The van der Waals surface area contributed by atoms with Crippen LogP contribution < -0.4 is 10.6 Å². The molecular weight excluding hydrogens is 372 g/mol. The molecule has 0 spiro atoms. The van der Waals surface area contributed by atoms with E-state index in [-0.39, 0.29) is 0 Å². The minimum Gasteiger partial charge on any atom is -0.378 e. The van der Waals surface area contributed by atoms with Gasteiger partial charge in [0.15, 0.2) is 0 Å². The summed E-state index contributed by atoms with van der Waals surface area (Å²) in [6.45, 7) is 10.8. The Hall–Kier alpha value is -2.58. The van der Waals surface area contributed by atoms with Crippen LogP contribution in [0.1, 0.15) is 22.5 Å². The maximum absolute atomic E-state index is 5.51. The summed E-state index contributed by atoms with van der Waals surface area (Å²) in [5, 5.41) is 6.86. The first-order chi connectivity index (χ1) is 13.4. The van der Waals surface area contributed by atoms with Crippen LogP contribution in [-0.2, 0) is 4.74 Å². The van der Waals surface area contributed by atoms with Crippen LogP contribution in [0.15, 0.2) is 29.3 Å². The van der Waals surface area contributed by atoms with E-state index in [9.17, 15) is 0 Å². The summed E-state index contributed by atoms with van der Waals surface area (Å²) in [6, 6.07) is 8.01. The fourth-order valence-electron chi connectivity index (χ4n) is 2.96. The molecule has 0 radical (unpaired) electrons. The van der Waals surface area contributed by atoms with Crippen molar-refractivity contribution >= 4 is 34.9 Å². The van der Waals surface area contributed by atoms with E-state index in [1.54, 1.807) is 0 Å². The number of aryl methyl sites for hydroxylation is 3. The first-order valence-corrected chi connectivity index (χ1v) is 9.71. The van der Waals surface area contributed by atoms with Crippen LogP contribution in [0.5, 0.6) is 0 Å². The SMILES string of the molecule is Cc1cc(C)nc(N/C(=N/C(=S)Nc2cccc(C)c2C)N2CCOCC2)n1. The molecule has 0 amide bonds. The fraction of sp³-hybridized carbons (Fsp3) is 0.400. The number of benzene rings is 1. The molecule has 0 unspecified atom stereocenters. The van der Waals surface area contributed by atoms with Crippen LogP contribution in [-0.4, -0.2) is 52.2 Å². The Morgan fingerprint density at radius 3 is 2.43 bits per heavy atom. The van der Waals surface area contributed by atoms with Crippen molar-refractivity contribution in [3.05, 3.63) is 46.8 Å². The lowest BCUT2D eigenvalue weighted by atomic mass is 10.1. The molecule has 1 aromatic heterocycles. The van der Waals surface area contributed by atoms with Gasteiger partial charge in [0, 0.05) is 30.2 Å². The summed E-state index contributed by atoms with van der Waals surface area (Å²) < 4.78 is 5.46. The van der Waals surface area contributed by atoms with Gasteiger partial charge in [0.25, 0.3) is 0 Å². The number of aliphatic imine (C=N–C) groups is 1. The first-order valence-electron chi connectivity index (χ1n) is 9.30. The molecule has 28 heavy (non-hydrogen) atoms. The lowest BCUT2D eigenvalue weighted by Gasteiger charge is -2.29. The van der Waals surface area contributed by atoms with E-state index in [1.807, 2.05) is 32.0 Å². The Labute approximate surface area is 171 Å². The van der Waals surface area contributed by atoms with Gasteiger partial charge in [0.2, 0.25) is 17.0 Å². The van der Waals surface area contributed by atoms with Crippen molar-refractivity contribution in [2.75, 3.05) is 36.9 Å². The van der Waals surface area contributed by atoms with Gasteiger partial charge < -0.3 is 15.0 Å². The number of anilines is 2. The molecule has 1 aliphatic heterocycles. The van der Waals surface area contributed by atoms with E-state index in [1.165, 1.54) is 5.56 Å². The highest BCUT2D eigenvalue weighted by Crippen LogP contribution is 2.18. The van der Waals surface area contributed by atoms with E-state index < -0.39 is 0 Å². The Bertz CT molecular complexity index is 872. The van der Waals surface area contributed by atoms with Crippen molar-refractivity contribution in [1.82, 2.24) is 14.9 Å². The second-order valence-corrected chi connectivity index (χ2v) is 7.20. The number of aromatic nitrogens is 2. The van der Waals surface area contributed by atoms with Crippen LogP contribution in [0, 0.1) is 27.7 Å². The van der Waals surface area contributed by atoms with Crippen molar-refractivity contribution in [3.8, 4) is 0 Å². The summed E-state index contributed by atoms with van der Waals surface area (Å²) >= 11 is 5.51. The molecule has 0 bridgehead atoms. The Kier molecular flexibility index (Phi) is 6.53. The summed E-state index contributed by atoms with van der Waals surface area (Å²) in [6.07, 6.45) is 0. The molecule has 0 saturated carbocycles. The van der Waals surface area contributed by atoms with Crippen molar-refractivity contribution in [2.24, 2.45) is 4.99 Å². The van der Waals surface area contributed by atoms with Crippen molar-refractivity contribution < 1.29 is 4.74 Å². The average molecular weight is 399 g/mol.